The average Bonchev–Trinajstić information content (AvgIpc) is 2.52. The van der Waals surface area contributed by atoms with Crippen molar-refractivity contribution in [1.82, 2.24) is 4.98 Å². The third kappa shape index (κ3) is 3.01. The minimum atomic E-state index is 0.231. The SMILES string of the molecule is CCC(Nc1cccc2ccncc12)c1cccc(Cl)c1. The van der Waals surface area contributed by atoms with Crippen LogP contribution in [0.5, 0.6) is 0 Å². The van der Waals surface area contributed by atoms with Crippen molar-refractivity contribution in [3.63, 3.8) is 0 Å². The molecule has 0 spiro atoms. The minimum Gasteiger partial charge on any atom is -0.378 e. The van der Waals surface area contributed by atoms with E-state index in [9.17, 15) is 0 Å². The summed E-state index contributed by atoms with van der Waals surface area (Å²) in [6.45, 7) is 2.17. The Morgan fingerprint density at radius 3 is 2.81 bits per heavy atom. The predicted octanol–water partition coefficient (Wildman–Crippen LogP) is 5.45. The molecule has 1 heterocycles. The highest BCUT2D eigenvalue weighted by Crippen LogP contribution is 2.29. The van der Waals surface area contributed by atoms with E-state index in [0.717, 1.165) is 22.5 Å². The fourth-order valence-corrected chi connectivity index (χ4v) is 2.77. The van der Waals surface area contributed by atoms with Crippen LogP contribution < -0.4 is 5.32 Å². The Bertz CT molecular complexity index is 750. The van der Waals surface area contributed by atoms with E-state index >= 15 is 0 Å². The number of nitrogens with one attached hydrogen (secondary N) is 1. The van der Waals surface area contributed by atoms with Crippen molar-refractivity contribution < 1.29 is 0 Å². The van der Waals surface area contributed by atoms with Crippen molar-refractivity contribution in [1.29, 1.82) is 0 Å². The summed E-state index contributed by atoms with van der Waals surface area (Å²) >= 11 is 6.11. The van der Waals surface area contributed by atoms with Gasteiger partial charge in [0.1, 0.15) is 0 Å². The maximum Gasteiger partial charge on any atom is 0.0511 e. The standard InChI is InChI=1S/C18H17ClN2/c1-2-17(14-6-3-7-15(19)11-14)21-18-8-4-5-13-9-10-20-12-16(13)18/h3-12,17,21H,2H2,1H3. The lowest BCUT2D eigenvalue weighted by atomic mass is 10.0. The van der Waals surface area contributed by atoms with Crippen molar-refractivity contribution in [2.45, 2.75) is 19.4 Å². The quantitative estimate of drug-likeness (QED) is 0.692. The maximum atomic E-state index is 6.11. The number of hydrogen-bond donors (Lipinski definition) is 1. The van der Waals surface area contributed by atoms with Crippen molar-refractivity contribution in [2.75, 3.05) is 5.32 Å². The summed E-state index contributed by atoms with van der Waals surface area (Å²) in [6.07, 6.45) is 4.71. The van der Waals surface area contributed by atoms with E-state index in [1.54, 1.807) is 0 Å². The van der Waals surface area contributed by atoms with E-state index in [1.165, 1.54) is 10.9 Å². The molecule has 3 heteroatoms. The molecule has 1 unspecified atom stereocenters. The van der Waals surface area contributed by atoms with E-state index in [0.29, 0.717) is 0 Å². The predicted molar refractivity (Wildman–Crippen MR) is 89.8 cm³/mol. The van der Waals surface area contributed by atoms with Gasteiger partial charge >= 0.3 is 0 Å². The van der Waals surface area contributed by atoms with Gasteiger partial charge in [-0.1, -0.05) is 42.8 Å². The number of aromatic nitrogens is 1. The molecule has 0 bridgehead atoms. The molecule has 21 heavy (non-hydrogen) atoms. The van der Waals surface area contributed by atoms with Gasteiger partial charge in [-0.15, -0.1) is 0 Å². The maximum absolute atomic E-state index is 6.11. The van der Waals surface area contributed by atoms with Gasteiger partial charge in [0.25, 0.3) is 0 Å². The van der Waals surface area contributed by atoms with Gasteiger partial charge in [0, 0.05) is 28.5 Å². The summed E-state index contributed by atoms with van der Waals surface area (Å²) in [4.78, 5) is 4.23. The number of halogens is 1. The molecule has 0 amide bonds. The summed E-state index contributed by atoms with van der Waals surface area (Å²) in [5.41, 5.74) is 2.30. The first-order chi connectivity index (χ1) is 10.3. The van der Waals surface area contributed by atoms with Crippen LogP contribution in [0.25, 0.3) is 10.8 Å². The fraction of sp³-hybridized carbons (Fsp3) is 0.167. The molecular formula is C18H17ClN2. The van der Waals surface area contributed by atoms with Crippen LogP contribution in [0.2, 0.25) is 5.02 Å². The number of nitrogens with zero attached hydrogens (tertiary/aromatic N) is 1. The first-order valence-corrected chi connectivity index (χ1v) is 7.50. The van der Waals surface area contributed by atoms with Crippen LogP contribution in [0, 0.1) is 0 Å². The number of rotatable bonds is 4. The second-order valence-corrected chi connectivity index (χ2v) is 5.50. The first-order valence-electron chi connectivity index (χ1n) is 7.12. The average molecular weight is 297 g/mol. The number of hydrogen-bond acceptors (Lipinski definition) is 2. The highest BCUT2D eigenvalue weighted by atomic mass is 35.5. The summed E-state index contributed by atoms with van der Waals surface area (Å²) in [6, 6.07) is 16.5. The highest BCUT2D eigenvalue weighted by Gasteiger charge is 2.11. The van der Waals surface area contributed by atoms with Gasteiger partial charge < -0.3 is 5.32 Å². The molecule has 0 radical (unpaired) electrons. The second-order valence-electron chi connectivity index (χ2n) is 5.06. The third-order valence-corrected chi connectivity index (χ3v) is 3.91. The minimum absolute atomic E-state index is 0.231. The topological polar surface area (TPSA) is 24.9 Å². The Morgan fingerprint density at radius 1 is 1.14 bits per heavy atom. The fourth-order valence-electron chi connectivity index (χ4n) is 2.57. The number of pyridine rings is 1. The molecule has 0 saturated carbocycles. The Balaban J connectivity index is 1.96. The Hall–Kier alpha value is -2.06. The second kappa shape index (κ2) is 6.15. The highest BCUT2D eigenvalue weighted by molar-refractivity contribution is 6.30. The summed E-state index contributed by atoms with van der Waals surface area (Å²) < 4.78 is 0. The molecule has 2 nitrogen and oxygen atoms in total. The smallest absolute Gasteiger partial charge is 0.0511 e. The first kappa shape index (κ1) is 13.9. The van der Waals surface area contributed by atoms with E-state index in [-0.39, 0.29) is 6.04 Å². The molecule has 0 fully saturated rings. The van der Waals surface area contributed by atoms with Gasteiger partial charge in [0.2, 0.25) is 0 Å². The summed E-state index contributed by atoms with van der Waals surface area (Å²) in [5, 5.41) is 6.72. The zero-order valence-electron chi connectivity index (χ0n) is 11.9. The molecule has 0 aliphatic rings. The van der Waals surface area contributed by atoms with Crippen LogP contribution in [0.4, 0.5) is 5.69 Å². The summed E-state index contributed by atoms with van der Waals surface area (Å²) in [5.74, 6) is 0. The van der Waals surface area contributed by atoms with Gasteiger partial charge in [0.05, 0.1) is 6.04 Å². The summed E-state index contributed by atoms with van der Waals surface area (Å²) in [7, 11) is 0. The van der Waals surface area contributed by atoms with Gasteiger partial charge in [-0.05, 0) is 41.6 Å². The molecule has 0 aliphatic heterocycles. The van der Waals surface area contributed by atoms with Gasteiger partial charge in [-0.3, -0.25) is 4.98 Å². The van der Waals surface area contributed by atoms with E-state index in [1.807, 2.05) is 36.7 Å². The Morgan fingerprint density at radius 2 is 2.00 bits per heavy atom. The van der Waals surface area contributed by atoms with Gasteiger partial charge in [-0.25, -0.2) is 0 Å². The molecule has 3 rings (SSSR count). The van der Waals surface area contributed by atoms with Crippen molar-refractivity contribution in [2.24, 2.45) is 0 Å². The van der Waals surface area contributed by atoms with Crippen LogP contribution in [0.1, 0.15) is 24.9 Å². The van der Waals surface area contributed by atoms with Crippen molar-refractivity contribution in [3.05, 3.63) is 71.5 Å². The van der Waals surface area contributed by atoms with Crippen molar-refractivity contribution in [3.8, 4) is 0 Å². The third-order valence-electron chi connectivity index (χ3n) is 3.67. The Kier molecular flexibility index (Phi) is 4.07. The largest absolute Gasteiger partial charge is 0.378 e. The normalized spacial score (nSPS) is 12.3. The van der Waals surface area contributed by atoms with E-state index in [4.69, 9.17) is 11.6 Å². The number of fused-ring (bicyclic) bond motifs is 1. The monoisotopic (exact) mass is 296 g/mol. The molecular weight excluding hydrogens is 280 g/mol. The molecule has 1 N–H and O–H groups in total. The molecule has 1 atom stereocenters. The zero-order chi connectivity index (χ0) is 14.7. The van der Waals surface area contributed by atoms with Gasteiger partial charge in [0.15, 0.2) is 0 Å². The molecule has 0 aliphatic carbocycles. The Labute approximate surface area is 129 Å². The van der Waals surface area contributed by atoms with Crippen LogP contribution in [-0.4, -0.2) is 4.98 Å². The lowest BCUT2D eigenvalue weighted by Gasteiger charge is -2.20. The van der Waals surface area contributed by atoms with Crippen LogP contribution in [-0.2, 0) is 0 Å². The van der Waals surface area contributed by atoms with E-state index < -0.39 is 0 Å². The lowest BCUT2D eigenvalue weighted by Crippen LogP contribution is -2.09. The number of benzene rings is 2. The lowest BCUT2D eigenvalue weighted by molar-refractivity contribution is 0.750. The van der Waals surface area contributed by atoms with Crippen LogP contribution in [0.15, 0.2) is 60.9 Å². The van der Waals surface area contributed by atoms with Crippen LogP contribution in [0.3, 0.4) is 0 Å². The molecule has 1 aromatic heterocycles. The van der Waals surface area contributed by atoms with Crippen molar-refractivity contribution >= 4 is 28.1 Å². The van der Waals surface area contributed by atoms with Crippen LogP contribution >= 0.6 is 11.6 Å². The number of anilines is 1. The van der Waals surface area contributed by atoms with Gasteiger partial charge in [-0.2, -0.15) is 0 Å². The molecule has 3 aromatic rings. The zero-order valence-corrected chi connectivity index (χ0v) is 12.6. The molecule has 106 valence electrons. The molecule has 0 saturated heterocycles. The molecule has 2 aromatic carbocycles. The van der Waals surface area contributed by atoms with E-state index in [2.05, 4.69) is 41.5 Å².